The first-order chi connectivity index (χ1) is 11.7. The van der Waals surface area contributed by atoms with E-state index in [0.717, 1.165) is 18.4 Å². The Hall–Kier alpha value is -2.41. The molecule has 2 heterocycles. The highest BCUT2D eigenvalue weighted by Gasteiger charge is 2.52. The molecule has 1 aliphatic carbocycles. The minimum Gasteiger partial charge on any atom is -0.444 e. The van der Waals surface area contributed by atoms with E-state index in [0.29, 0.717) is 11.4 Å². The van der Waals surface area contributed by atoms with Crippen molar-refractivity contribution in [1.29, 1.82) is 0 Å². The van der Waals surface area contributed by atoms with E-state index in [9.17, 15) is 9.90 Å². The van der Waals surface area contributed by atoms with Gasteiger partial charge in [-0.2, -0.15) is 5.10 Å². The minimum absolute atomic E-state index is 0.304. The molecule has 1 amide bonds. The molecule has 2 N–H and O–H groups in total. The van der Waals surface area contributed by atoms with Crippen LogP contribution in [0.5, 0.6) is 0 Å². The van der Waals surface area contributed by atoms with E-state index < -0.39 is 17.8 Å². The lowest BCUT2D eigenvalue weighted by Crippen LogP contribution is -2.27. The summed E-state index contributed by atoms with van der Waals surface area (Å²) in [4.78, 5) is 16.1. The number of pyridine rings is 1. The van der Waals surface area contributed by atoms with Gasteiger partial charge in [-0.1, -0.05) is 0 Å². The summed E-state index contributed by atoms with van der Waals surface area (Å²) in [5, 5.41) is 17.6. The number of carbonyl (C=O) groups excluding carboxylic acids is 1. The maximum absolute atomic E-state index is 11.8. The van der Waals surface area contributed by atoms with Gasteiger partial charge in [0.15, 0.2) is 0 Å². The molecule has 1 aliphatic rings. The van der Waals surface area contributed by atoms with Gasteiger partial charge >= 0.3 is 6.09 Å². The van der Waals surface area contributed by atoms with Gasteiger partial charge in [-0.25, -0.2) is 4.79 Å². The standard InChI is InChI=1S/C18H24N4O3/c1-17(2,3)25-16(24)21-13-5-6-14(19-10-13)15(23)18(7-8-18)12-9-20-22(4)11-12/h5-6,9-11,15,23H,7-8H2,1-4H3,(H,21,24). The SMILES string of the molecule is Cn1cc(C2(C(O)c3ccc(NC(=O)OC(C)(C)C)cn3)CC2)cn1. The van der Waals surface area contributed by atoms with Crippen LogP contribution in [0.1, 0.15) is 51.0 Å². The number of nitrogens with zero attached hydrogens (tertiary/aromatic N) is 3. The van der Waals surface area contributed by atoms with Crippen LogP contribution in [0.2, 0.25) is 0 Å². The molecule has 2 aromatic rings. The number of nitrogens with one attached hydrogen (secondary N) is 1. The van der Waals surface area contributed by atoms with Gasteiger partial charge in [-0.05, 0) is 51.3 Å². The first-order valence-corrected chi connectivity index (χ1v) is 8.33. The Morgan fingerprint density at radius 1 is 1.36 bits per heavy atom. The molecule has 7 nitrogen and oxygen atoms in total. The van der Waals surface area contributed by atoms with Gasteiger partial charge in [0.1, 0.15) is 11.7 Å². The summed E-state index contributed by atoms with van der Waals surface area (Å²) in [5.41, 5.74) is 1.27. The highest BCUT2D eigenvalue weighted by molar-refractivity contribution is 5.84. The maximum Gasteiger partial charge on any atom is 0.412 e. The van der Waals surface area contributed by atoms with Gasteiger partial charge in [0.2, 0.25) is 0 Å². The molecule has 25 heavy (non-hydrogen) atoms. The molecule has 0 saturated heterocycles. The summed E-state index contributed by atoms with van der Waals surface area (Å²) in [6.45, 7) is 5.41. The largest absolute Gasteiger partial charge is 0.444 e. The Balaban J connectivity index is 1.69. The van der Waals surface area contributed by atoms with Crippen LogP contribution in [0.4, 0.5) is 10.5 Å². The number of aliphatic hydroxyl groups is 1. The average Bonchev–Trinajstić information content (AvgIpc) is 3.21. The van der Waals surface area contributed by atoms with Gasteiger partial charge in [0.05, 0.1) is 23.8 Å². The number of ether oxygens (including phenoxy) is 1. The normalized spacial score (nSPS) is 17.0. The van der Waals surface area contributed by atoms with Crippen molar-refractivity contribution in [2.75, 3.05) is 5.32 Å². The summed E-state index contributed by atoms with van der Waals surface area (Å²) < 4.78 is 6.95. The molecule has 1 unspecified atom stereocenters. The van der Waals surface area contributed by atoms with Crippen molar-refractivity contribution >= 4 is 11.8 Å². The summed E-state index contributed by atoms with van der Waals surface area (Å²) in [6, 6.07) is 3.45. The van der Waals surface area contributed by atoms with Gasteiger partial charge < -0.3 is 9.84 Å². The zero-order valence-electron chi connectivity index (χ0n) is 15.0. The highest BCUT2D eigenvalue weighted by Crippen LogP contribution is 2.56. The zero-order chi connectivity index (χ0) is 18.2. The number of amides is 1. The summed E-state index contributed by atoms with van der Waals surface area (Å²) >= 11 is 0. The predicted octanol–water partition coefficient (Wildman–Crippen LogP) is 2.93. The molecule has 3 rings (SSSR count). The highest BCUT2D eigenvalue weighted by atomic mass is 16.6. The molecule has 1 fully saturated rings. The van der Waals surface area contributed by atoms with Crippen LogP contribution < -0.4 is 5.32 Å². The number of carbonyl (C=O) groups is 1. The Labute approximate surface area is 147 Å². The second-order valence-electron chi connectivity index (χ2n) is 7.56. The second-order valence-corrected chi connectivity index (χ2v) is 7.56. The number of hydrogen-bond acceptors (Lipinski definition) is 5. The van der Waals surface area contributed by atoms with E-state index in [2.05, 4.69) is 15.4 Å². The third kappa shape index (κ3) is 3.82. The molecule has 0 radical (unpaired) electrons. The second kappa shape index (κ2) is 6.15. The van der Waals surface area contributed by atoms with Crippen molar-refractivity contribution in [1.82, 2.24) is 14.8 Å². The molecule has 0 aromatic carbocycles. The molecule has 0 bridgehead atoms. The molecule has 1 saturated carbocycles. The van der Waals surface area contributed by atoms with Crippen LogP contribution in [0.3, 0.4) is 0 Å². The number of aryl methyl sites for hydroxylation is 1. The molecule has 134 valence electrons. The van der Waals surface area contributed by atoms with Crippen molar-refractivity contribution in [3.8, 4) is 0 Å². The zero-order valence-corrected chi connectivity index (χ0v) is 15.0. The van der Waals surface area contributed by atoms with E-state index >= 15 is 0 Å². The quantitative estimate of drug-likeness (QED) is 0.890. The maximum atomic E-state index is 11.8. The van der Waals surface area contributed by atoms with E-state index in [4.69, 9.17) is 4.74 Å². The van der Waals surface area contributed by atoms with Gasteiger partial charge in [-0.3, -0.25) is 15.0 Å². The van der Waals surface area contributed by atoms with E-state index in [1.165, 1.54) is 6.20 Å². The fourth-order valence-electron chi connectivity index (χ4n) is 2.88. The average molecular weight is 344 g/mol. The van der Waals surface area contributed by atoms with Gasteiger partial charge in [0.25, 0.3) is 0 Å². The summed E-state index contributed by atoms with van der Waals surface area (Å²) in [5.74, 6) is 0. The number of rotatable bonds is 4. The molecule has 2 aromatic heterocycles. The number of aromatic nitrogens is 3. The van der Waals surface area contributed by atoms with Crippen molar-refractivity contribution in [3.05, 3.63) is 42.0 Å². The molecule has 7 heteroatoms. The molecule has 0 spiro atoms. The van der Waals surface area contributed by atoms with Crippen LogP contribution in [0.25, 0.3) is 0 Å². The first-order valence-electron chi connectivity index (χ1n) is 8.33. The summed E-state index contributed by atoms with van der Waals surface area (Å²) in [7, 11) is 1.86. The van der Waals surface area contributed by atoms with Crippen molar-refractivity contribution in [2.45, 2.75) is 50.7 Å². The number of aliphatic hydroxyl groups excluding tert-OH is 1. The topological polar surface area (TPSA) is 89.3 Å². The number of hydrogen-bond donors (Lipinski definition) is 2. The fourth-order valence-corrected chi connectivity index (χ4v) is 2.88. The van der Waals surface area contributed by atoms with E-state index in [-0.39, 0.29) is 5.41 Å². The Morgan fingerprint density at radius 2 is 2.08 bits per heavy atom. The van der Waals surface area contributed by atoms with Crippen molar-refractivity contribution < 1.29 is 14.6 Å². The van der Waals surface area contributed by atoms with E-state index in [1.807, 2.05) is 13.2 Å². The Kier molecular flexibility index (Phi) is 4.28. The van der Waals surface area contributed by atoms with Crippen molar-refractivity contribution in [3.63, 3.8) is 0 Å². The lowest BCUT2D eigenvalue weighted by molar-refractivity contribution is 0.0636. The van der Waals surface area contributed by atoms with Crippen LogP contribution in [0.15, 0.2) is 30.7 Å². The Bertz CT molecular complexity index is 757. The van der Waals surface area contributed by atoms with Crippen LogP contribution in [-0.2, 0) is 17.2 Å². The van der Waals surface area contributed by atoms with Crippen LogP contribution in [-0.4, -0.2) is 31.6 Å². The van der Waals surface area contributed by atoms with Gasteiger partial charge in [0, 0.05) is 18.7 Å². The van der Waals surface area contributed by atoms with Crippen LogP contribution in [0, 0.1) is 0 Å². The molecule has 1 atom stereocenters. The monoisotopic (exact) mass is 344 g/mol. The molecular formula is C18H24N4O3. The third-order valence-corrected chi connectivity index (χ3v) is 4.30. The lowest BCUT2D eigenvalue weighted by Gasteiger charge is -2.21. The minimum atomic E-state index is -0.702. The molecular weight excluding hydrogens is 320 g/mol. The lowest BCUT2D eigenvalue weighted by atomic mass is 9.90. The third-order valence-electron chi connectivity index (χ3n) is 4.30. The number of anilines is 1. The van der Waals surface area contributed by atoms with E-state index in [1.54, 1.807) is 43.8 Å². The van der Waals surface area contributed by atoms with Crippen molar-refractivity contribution in [2.24, 2.45) is 7.05 Å². The van der Waals surface area contributed by atoms with Crippen LogP contribution >= 0.6 is 0 Å². The predicted molar refractivity (Wildman–Crippen MR) is 93.2 cm³/mol. The fraction of sp³-hybridized carbons (Fsp3) is 0.500. The van der Waals surface area contributed by atoms with Gasteiger partial charge in [-0.15, -0.1) is 0 Å². The molecule has 0 aliphatic heterocycles. The smallest absolute Gasteiger partial charge is 0.412 e. The first kappa shape index (κ1) is 17.4. The Morgan fingerprint density at radius 3 is 2.56 bits per heavy atom. The summed E-state index contributed by atoms with van der Waals surface area (Å²) in [6.07, 6.45) is 5.84.